The minimum Gasteiger partial charge on any atom is -0.497 e. The van der Waals surface area contributed by atoms with Crippen molar-refractivity contribution in [1.29, 1.82) is 0 Å². The predicted molar refractivity (Wildman–Crippen MR) is 103 cm³/mol. The zero-order valence-corrected chi connectivity index (χ0v) is 16.2. The van der Waals surface area contributed by atoms with Crippen LogP contribution in [0.25, 0.3) is 0 Å². The van der Waals surface area contributed by atoms with E-state index in [4.69, 9.17) is 4.74 Å². The first-order valence-corrected chi connectivity index (χ1v) is 9.68. The topological polar surface area (TPSA) is 67.4 Å². The molecule has 0 unspecified atom stereocenters. The van der Waals surface area contributed by atoms with Crippen LogP contribution < -0.4 is 15.4 Å². The molecular formula is C21H32N2O3. The quantitative estimate of drug-likeness (QED) is 0.749. The van der Waals surface area contributed by atoms with Gasteiger partial charge in [0.05, 0.1) is 7.11 Å². The maximum absolute atomic E-state index is 12.4. The van der Waals surface area contributed by atoms with Gasteiger partial charge in [-0.3, -0.25) is 9.59 Å². The summed E-state index contributed by atoms with van der Waals surface area (Å²) in [4.78, 5) is 24.5. The zero-order valence-electron chi connectivity index (χ0n) is 16.2. The van der Waals surface area contributed by atoms with Crippen LogP contribution >= 0.6 is 0 Å². The minimum absolute atomic E-state index is 0.0365. The number of rotatable bonds is 8. The van der Waals surface area contributed by atoms with Gasteiger partial charge in [-0.1, -0.05) is 26.0 Å². The van der Waals surface area contributed by atoms with Crippen molar-refractivity contribution >= 4 is 11.8 Å². The second kappa shape index (κ2) is 10.2. The van der Waals surface area contributed by atoms with Gasteiger partial charge in [0.1, 0.15) is 5.75 Å². The first-order chi connectivity index (χ1) is 12.5. The molecule has 5 heteroatoms. The molecule has 1 aliphatic rings. The van der Waals surface area contributed by atoms with Crippen LogP contribution in [0.2, 0.25) is 0 Å². The molecule has 26 heavy (non-hydrogen) atoms. The van der Waals surface area contributed by atoms with E-state index >= 15 is 0 Å². The number of amides is 2. The molecule has 2 N–H and O–H groups in total. The molecule has 1 aromatic rings. The van der Waals surface area contributed by atoms with E-state index in [9.17, 15) is 9.59 Å². The SMILES string of the molecule is COc1cccc(CCNC(=O)C2CCC(C(=O)NCC(C)C)CC2)c1. The first kappa shape index (κ1) is 20.3. The third-order valence-corrected chi connectivity index (χ3v) is 5.00. The highest BCUT2D eigenvalue weighted by atomic mass is 16.5. The second-order valence-electron chi connectivity index (χ2n) is 7.58. The molecule has 1 aromatic carbocycles. The Balaban J connectivity index is 1.68. The largest absolute Gasteiger partial charge is 0.497 e. The van der Waals surface area contributed by atoms with Crippen molar-refractivity contribution in [2.24, 2.45) is 17.8 Å². The Hall–Kier alpha value is -2.04. The summed E-state index contributed by atoms with van der Waals surface area (Å²) in [5.74, 6) is 1.67. The Morgan fingerprint density at radius 3 is 2.27 bits per heavy atom. The number of carbonyl (C=O) groups excluding carboxylic acids is 2. The summed E-state index contributed by atoms with van der Waals surface area (Å²) >= 11 is 0. The van der Waals surface area contributed by atoms with Crippen molar-refractivity contribution in [2.45, 2.75) is 46.0 Å². The van der Waals surface area contributed by atoms with Crippen LogP contribution in [0, 0.1) is 17.8 Å². The highest BCUT2D eigenvalue weighted by Gasteiger charge is 2.29. The van der Waals surface area contributed by atoms with Gasteiger partial charge in [-0.05, 0) is 55.7 Å². The normalized spacial score (nSPS) is 19.8. The van der Waals surface area contributed by atoms with Crippen molar-refractivity contribution in [1.82, 2.24) is 10.6 Å². The van der Waals surface area contributed by atoms with Crippen LogP contribution in [-0.2, 0) is 16.0 Å². The number of methoxy groups -OCH3 is 1. The molecular weight excluding hydrogens is 328 g/mol. The highest BCUT2D eigenvalue weighted by Crippen LogP contribution is 2.29. The second-order valence-corrected chi connectivity index (χ2v) is 7.58. The van der Waals surface area contributed by atoms with Gasteiger partial charge in [-0.2, -0.15) is 0 Å². The number of benzene rings is 1. The van der Waals surface area contributed by atoms with E-state index in [0.717, 1.165) is 50.0 Å². The fraction of sp³-hybridized carbons (Fsp3) is 0.619. The minimum atomic E-state index is 0.0365. The van der Waals surface area contributed by atoms with E-state index in [1.165, 1.54) is 0 Å². The standard InChI is InChI=1S/C21H32N2O3/c1-15(2)14-23-21(25)18-9-7-17(8-10-18)20(24)22-12-11-16-5-4-6-19(13-16)26-3/h4-6,13,15,17-18H,7-12,14H2,1-3H3,(H,22,24)(H,23,25). The summed E-state index contributed by atoms with van der Waals surface area (Å²) in [5.41, 5.74) is 1.15. The highest BCUT2D eigenvalue weighted by molar-refractivity contribution is 5.81. The number of nitrogens with one attached hydrogen (secondary N) is 2. The summed E-state index contributed by atoms with van der Waals surface area (Å²) in [5, 5.41) is 6.05. The van der Waals surface area contributed by atoms with E-state index in [1.807, 2.05) is 24.3 Å². The van der Waals surface area contributed by atoms with Gasteiger partial charge < -0.3 is 15.4 Å². The molecule has 1 saturated carbocycles. The van der Waals surface area contributed by atoms with Crippen molar-refractivity contribution in [3.63, 3.8) is 0 Å². The third-order valence-electron chi connectivity index (χ3n) is 5.00. The molecule has 0 saturated heterocycles. The van der Waals surface area contributed by atoms with Gasteiger partial charge >= 0.3 is 0 Å². The predicted octanol–water partition coefficient (Wildman–Crippen LogP) is 2.93. The number of hydrogen-bond donors (Lipinski definition) is 2. The van der Waals surface area contributed by atoms with Crippen molar-refractivity contribution in [2.75, 3.05) is 20.2 Å². The van der Waals surface area contributed by atoms with Gasteiger partial charge in [0.25, 0.3) is 0 Å². The molecule has 0 atom stereocenters. The Labute approximate surface area is 156 Å². The van der Waals surface area contributed by atoms with Crippen LogP contribution in [0.5, 0.6) is 5.75 Å². The fourth-order valence-corrected chi connectivity index (χ4v) is 3.37. The Bertz CT molecular complexity index is 593. The van der Waals surface area contributed by atoms with Crippen LogP contribution in [0.15, 0.2) is 24.3 Å². The average Bonchev–Trinajstić information content (AvgIpc) is 2.66. The average molecular weight is 360 g/mol. The van der Waals surface area contributed by atoms with Crippen LogP contribution in [0.4, 0.5) is 0 Å². The van der Waals surface area contributed by atoms with Crippen LogP contribution in [0.3, 0.4) is 0 Å². The summed E-state index contributed by atoms with van der Waals surface area (Å²) < 4.78 is 5.22. The molecule has 0 aliphatic heterocycles. The lowest BCUT2D eigenvalue weighted by Gasteiger charge is -2.27. The summed E-state index contributed by atoms with van der Waals surface area (Å²) in [6.07, 6.45) is 3.99. The maximum Gasteiger partial charge on any atom is 0.223 e. The molecule has 5 nitrogen and oxygen atoms in total. The van der Waals surface area contributed by atoms with Crippen LogP contribution in [-0.4, -0.2) is 32.0 Å². The molecule has 1 aliphatic carbocycles. The number of hydrogen-bond acceptors (Lipinski definition) is 3. The summed E-state index contributed by atoms with van der Waals surface area (Å²) in [7, 11) is 1.65. The first-order valence-electron chi connectivity index (χ1n) is 9.68. The van der Waals surface area contributed by atoms with Gasteiger partial charge in [0, 0.05) is 24.9 Å². The Kier molecular flexibility index (Phi) is 7.95. The molecule has 2 amide bonds. The molecule has 0 heterocycles. The number of ether oxygens (including phenoxy) is 1. The van der Waals surface area contributed by atoms with Gasteiger partial charge in [-0.15, -0.1) is 0 Å². The molecule has 144 valence electrons. The molecule has 0 radical (unpaired) electrons. The maximum atomic E-state index is 12.4. The lowest BCUT2D eigenvalue weighted by Crippen LogP contribution is -2.38. The summed E-state index contributed by atoms with van der Waals surface area (Å²) in [6, 6.07) is 7.90. The zero-order chi connectivity index (χ0) is 18.9. The third kappa shape index (κ3) is 6.36. The Morgan fingerprint density at radius 2 is 1.69 bits per heavy atom. The van der Waals surface area contributed by atoms with E-state index in [0.29, 0.717) is 12.5 Å². The van der Waals surface area contributed by atoms with Crippen LogP contribution in [0.1, 0.15) is 45.1 Å². The van der Waals surface area contributed by atoms with Gasteiger partial charge in [-0.25, -0.2) is 0 Å². The fourth-order valence-electron chi connectivity index (χ4n) is 3.37. The van der Waals surface area contributed by atoms with E-state index in [2.05, 4.69) is 24.5 Å². The van der Waals surface area contributed by atoms with E-state index in [1.54, 1.807) is 7.11 Å². The van der Waals surface area contributed by atoms with E-state index in [-0.39, 0.29) is 23.7 Å². The molecule has 1 fully saturated rings. The summed E-state index contributed by atoms with van der Waals surface area (Å²) in [6.45, 7) is 5.53. The monoisotopic (exact) mass is 360 g/mol. The Morgan fingerprint density at radius 1 is 1.08 bits per heavy atom. The lowest BCUT2D eigenvalue weighted by atomic mass is 9.81. The van der Waals surface area contributed by atoms with Gasteiger partial charge in [0.2, 0.25) is 11.8 Å². The lowest BCUT2D eigenvalue weighted by molar-refractivity contribution is -0.130. The molecule has 0 spiro atoms. The smallest absolute Gasteiger partial charge is 0.223 e. The van der Waals surface area contributed by atoms with Crippen molar-refractivity contribution < 1.29 is 14.3 Å². The number of carbonyl (C=O) groups is 2. The molecule has 0 bridgehead atoms. The van der Waals surface area contributed by atoms with Crippen molar-refractivity contribution in [3.05, 3.63) is 29.8 Å². The molecule has 2 rings (SSSR count). The van der Waals surface area contributed by atoms with Gasteiger partial charge in [0.15, 0.2) is 0 Å². The van der Waals surface area contributed by atoms with Crippen molar-refractivity contribution in [3.8, 4) is 5.75 Å². The van der Waals surface area contributed by atoms with E-state index < -0.39 is 0 Å². The molecule has 0 aromatic heterocycles.